The molecular formula is C58H42. The Morgan fingerprint density at radius 2 is 0.483 bits per heavy atom. The average Bonchev–Trinajstić information content (AvgIpc) is 3.31. The molecule has 0 unspecified atom stereocenters. The lowest BCUT2D eigenvalue weighted by molar-refractivity contribution is 1.50. The Balaban J connectivity index is 0.00000201. The van der Waals surface area contributed by atoms with Crippen molar-refractivity contribution in [3.8, 4) is 55.6 Å². The highest BCUT2D eigenvalue weighted by Crippen LogP contribution is 2.47. The lowest BCUT2D eigenvalue weighted by atomic mass is 9.84. The molecule has 11 aromatic carbocycles. The van der Waals surface area contributed by atoms with Gasteiger partial charge in [0.05, 0.1) is 0 Å². The summed E-state index contributed by atoms with van der Waals surface area (Å²) in [6.45, 7) is 4.00. The van der Waals surface area contributed by atoms with Gasteiger partial charge in [-0.15, -0.1) is 0 Å². The maximum Gasteiger partial charge on any atom is -0.00262 e. The number of hydrogen-bond acceptors (Lipinski definition) is 0. The first-order chi connectivity index (χ1) is 28.8. The maximum atomic E-state index is 2.37. The third kappa shape index (κ3) is 5.94. The second-order valence-electron chi connectivity index (χ2n) is 14.8. The summed E-state index contributed by atoms with van der Waals surface area (Å²) in [5, 5.41) is 12.6. The Bertz CT molecular complexity index is 3160. The van der Waals surface area contributed by atoms with Crippen molar-refractivity contribution < 1.29 is 0 Å². The second kappa shape index (κ2) is 15.0. The number of hydrogen-bond donors (Lipinski definition) is 0. The van der Waals surface area contributed by atoms with E-state index < -0.39 is 0 Å². The molecule has 0 aromatic heterocycles. The molecule has 0 nitrogen and oxygen atoms in total. The largest absolute Gasteiger partial charge is 0.0683 e. The SMILES string of the molecule is CC.c1ccc(-c2c3ccccc3c(-c3ccc(-c4c5ccccc5c(-c5cccc(-c6ccc7ccccc7c6)c5)c5ccccc45)cc3)c3ccccc23)cc1. The van der Waals surface area contributed by atoms with Crippen molar-refractivity contribution in [1.29, 1.82) is 0 Å². The molecule has 0 aliphatic rings. The maximum absolute atomic E-state index is 2.37. The molecule has 11 aromatic rings. The fraction of sp³-hybridized carbons (Fsp3) is 0.0345. The highest BCUT2D eigenvalue weighted by atomic mass is 14.2. The van der Waals surface area contributed by atoms with Gasteiger partial charge in [-0.2, -0.15) is 0 Å². The van der Waals surface area contributed by atoms with Gasteiger partial charge in [-0.1, -0.05) is 220 Å². The molecule has 0 spiro atoms. The summed E-state index contributed by atoms with van der Waals surface area (Å²) in [7, 11) is 0. The summed E-state index contributed by atoms with van der Waals surface area (Å²) in [5.41, 5.74) is 12.5. The van der Waals surface area contributed by atoms with E-state index in [1.54, 1.807) is 0 Å². The van der Waals surface area contributed by atoms with Crippen LogP contribution in [-0.2, 0) is 0 Å². The van der Waals surface area contributed by atoms with Gasteiger partial charge in [-0.25, -0.2) is 0 Å². The van der Waals surface area contributed by atoms with Crippen LogP contribution in [0.2, 0.25) is 0 Å². The minimum absolute atomic E-state index is 1.21. The fourth-order valence-corrected chi connectivity index (χ4v) is 9.13. The van der Waals surface area contributed by atoms with Crippen molar-refractivity contribution in [1.82, 2.24) is 0 Å². The first-order valence-electron chi connectivity index (χ1n) is 20.4. The van der Waals surface area contributed by atoms with Crippen LogP contribution in [-0.4, -0.2) is 0 Å². The molecule has 58 heavy (non-hydrogen) atoms. The van der Waals surface area contributed by atoms with Gasteiger partial charge in [0.2, 0.25) is 0 Å². The summed E-state index contributed by atoms with van der Waals surface area (Å²) >= 11 is 0. The van der Waals surface area contributed by atoms with Gasteiger partial charge in [0.1, 0.15) is 0 Å². The van der Waals surface area contributed by atoms with Crippen molar-refractivity contribution in [2.75, 3.05) is 0 Å². The van der Waals surface area contributed by atoms with E-state index in [-0.39, 0.29) is 0 Å². The Hall–Kier alpha value is -7.28. The number of benzene rings is 11. The molecule has 0 amide bonds. The van der Waals surface area contributed by atoms with Crippen LogP contribution in [0.4, 0.5) is 0 Å². The van der Waals surface area contributed by atoms with Crippen molar-refractivity contribution in [2.45, 2.75) is 13.8 Å². The van der Waals surface area contributed by atoms with Gasteiger partial charge < -0.3 is 0 Å². The molecule has 0 heterocycles. The van der Waals surface area contributed by atoms with E-state index in [2.05, 4.69) is 218 Å². The Labute approximate surface area is 340 Å². The van der Waals surface area contributed by atoms with E-state index in [0.717, 1.165) is 0 Å². The minimum Gasteiger partial charge on any atom is -0.0683 e. The van der Waals surface area contributed by atoms with Crippen LogP contribution >= 0.6 is 0 Å². The van der Waals surface area contributed by atoms with E-state index in [1.165, 1.54) is 109 Å². The lowest BCUT2D eigenvalue weighted by Gasteiger charge is -2.19. The third-order valence-corrected chi connectivity index (χ3v) is 11.6. The van der Waals surface area contributed by atoms with Crippen LogP contribution < -0.4 is 0 Å². The van der Waals surface area contributed by atoms with Gasteiger partial charge in [0, 0.05) is 0 Å². The first kappa shape index (κ1) is 35.2. The quantitative estimate of drug-likeness (QED) is 0.154. The van der Waals surface area contributed by atoms with Crippen LogP contribution in [0.15, 0.2) is 218 Å². The molecule has 0 radical (unpaired) electrons. The van der Waals surface area contributed by atoms with Gasteiger partial charge in [-0.3, -0.25) is 0 Å². The first-order valence-corrected chi connectivity index (χ1v) is 20.4. The summed E-state index contributed by atoms with van der Waals surface area (Å²) in [4.78, 5) is 0. The molecule has 0 N–H and O–H groups in total. The van der Waals surface area contributed by atoms with Crippen LogP contribution in [0.25, 0.3) is 109 Å². The highest BCUT2D eigenvalue weighted by Gasteiger charge is 2.19. The topological polar surface area (TPSA) is 0 Å². The zero-order valence-corrected chi connectivity index (χ0v) is 32.8. The molecule has 274 valence electrons. The van der Waals surface area contributed by atoms with Crippen LogP contribution in [0.1, 0.15) is 13.8 Å². The molecule has 0 saturated carbocycles. The Morgan fingerprint density at radius 3 is 0.931 bits per heavy atom. The molecule has 11 rings (SSSR count). The summed E-state index contributed by atoms with van der Waals surface area (Å²) < 4.78 is 0. The van der Waals surface area contributed by atoms with Crippen molar-refractivity contribution in [3.05, 3.63) is 218 Å². The zero-order valence-electron chi connectivity index (χ0n) is 32.8. The van der Waals surface area contributed by atoms with Crippen LogP contribution in [0.5, 0.6) is 0 Å². The third-order valence-electron chi connectivity index (χ3n) is 11.6. The predicted octanol–water partition coefficient (Wildman–Crippen LogP) is 16.8. The molecule has 0 atom stereocenters. The zero-order chi connectivity index (χ0) is 39.0. The molecule has 0 aliphatic carbocycles. The van der Waals surface area contributed by atoms with E-state index in [9.17, 15) is 0 Å². The molecular weight excluding hydrogens is 697 g/mol. The fourth-order valence-electron chi connectivity index (χ4n) is 9.13. The molecule has 0 fully saturated rings. The summed E-state index contributed by atoms with van der Waals surface area (Å²) in [6.07, 6.45) is 0. The second-order valence-corrected chi connectivity index (χ2v) is 14.8. The summed E-state index contributed by atoms with van der Waals surface area (Å²) in [6, 6.07) is 80.2. The molecule has 0 saturated heterocycles. The Morgan fingerprint density at radius 1 is 0.190 bits per heavy atom. The monoisotopic (exact) mass is 738 g/mol. The van der Waals surface area contributed by atoms with Crippen LogP contribution in [0, 0.1) is 0 Å². The average molecular weight is 739 g/mol. The van der Waals surface area contributed by atoms with Crippen molar-refractivity contribution >= 4 is 53.9 Å². The predicted molar refractivity (Wildman–Crippen MR) is 252 cm³/mol. The van der Waals surface area contributed by atoms with E-state index >= 15 is 0 Å². The number of rotatable bonds is 5. The normalized spacial score (nSPS) is 11.3. The minimum atomic E-state index is 1.21. The molecule has 0 bridgehead atoms. The van der Waals surface area contributed by atoms with Gasteiger partial charge in [0.15, 0.2) is 0 Å². The highest BCUT2D eigenvalue weighted by molar-refractivity contribution is 6.23. The number of fused-ring (bicyclic) bond motifs is 5. The molecule has 0 aliphatic heterocycles. The standard InChI is InChI=1S/C56H36.C2H6/c1-2-16-38(17-3-1)53-45-21-6-8-23-47(45)54(48-24-9-7-22-46(48)53)39-30-32-40(33-31-39)55-49-25-10-12-27-51(49)56(52-28-13-11-26-50(52)55)44-20-14-19-42(36-44)43-34-29-37-15-4-5-18-41(37)35-43;1-2/h1-36H;1-2H3. The lowest BCUT2D eigenvalue weighted by Crippen LogP contribution is -1.92. The van der Waals surface area contributed by atoms with Crippen molar-refractivity contribution in [2.24, 2.45) is 0 Å². The Kier molecular flexibility index (Phi) is 9.09. The van der Waals surface area contributed by atoms with E-state index in [1.807, 2.05) is 13.8 Å². The van der Waals surface area contributed by atoms with Crippen molar-refractivity contribution in [3.63, 3.8) is 0 Å². The van der Waals surface area contributed by atoms with Gasteiger partial charge >= 0.3 is 0 Å². The van der Waals surface area contributed by atoms with E-state index in [0.29, 0.717) is 0 Å². The van der Waals surface area contributed by atoms with Gasteiger partial charge in [0.25, 0.3) is 0 Å². The smallest absolute Gasteiger partial charge is 0.00262 e. The van der Waals surface area contributed by atoms with E-state index in [4.69, 9.17) is 0 Å². The van der Waals surface area contributed by atoms with Gasteiger partial charge in [-0.05, 0) is 122 Å². The molecule has 0 heteroatoms. The summed E-state index contributed by atoms with van der Waals surface area (Å²) in [5.74, 6) is 0. The van der Waals surface area contributed by atoms with Crippen LogP contribution in [0.3, 0.4) is 0 Å².